The Bertz CT molecular complexity index is 1180. The molecule has 0 aliphatic heterocycles. The van der Waals surface area contributed by atoms with Crippen molar-refractivity contribution in [1.82, 2.24) is 0 Å². The van der Waals surface area contributed by atoms with Crippen molar-refractivity contribution in [2.45, 2.75) is 99.0 Å². The second-order valence-corrected chi connectivity index (χ2v) is 12.0. The third-order valence-corrected chi connectivity index (χ3v) is 7.41. The zero-order chi connectivity index (χ0) is 28.4. The summed E-state index contributed by atoms with van der Waals surface area (Å²) in [6.45, 7) is 13.1. The largest absolute Gasteiger partial charge is 0.507 e. The molecule has 0 spiro atoms. The Morgan fingerprint density at radius 3 is 2.23 bits per heavy atom. The third-order valence-electron chi connectivity index (χ3n) is 7.41. The lowest BCUT2D eigenvalue weighted by Crippen LogP contribution is -2.41. The summed E-state index contributed by atoms with van der Waals surface area (Å²) < 4.78 is 0. The molecule has 2 N–H and O–H groups in total. The van der Waals surface area contributed by atoms with Gasteiger partial charge in [0.2, 0.25) is 5.91 Å². The van der Waals surface area contributed by atoms with Gasteiger partial charge in [0.05, 0.1) is 0 Å². The number of nitrogens with zero attached hydrogens (tertiary/aromatic N) is 1. The van der Waals surface area contributed by atoms with Crippen LogP contribution in [0.15, 0.2) is 66.7 Å². The number of aromatic hydroxyl groups is 1. The highest BCUT2D eigenvalue weighted by Crippen LogP contribution is 2.30. The van der Waals surface area contributed by atoms with E-state index in [1.54, 1.807) is 0 Å². The van der Waals surface area contributed by atoms with Gasteiger partial charge in [0, 0.05) is 29.5 Å². The Labute approximate surface area is 236 Å². The monoisotopic (exact) mass is 528 g/mol. The number of amides is 1. The predicted octanol–water partition coefficient (Wildman–Crippen LogP) is 9.36. The molecule has 0 aliphatic carbocycles. The molecule has 3 rings (SSSR count). The van der Waals surface area contributed by atoms with Crippen LogP contribution in [0.4, 0.5) is 17.1 Å². The minimum atomic E-state index is 0.145. The quantitative estimate of drug-likeness (QED) is 0.232. The third kappa shape index (κ3) is 9.16. The molecule has 0 bridgehead atoms. The molecule has 0 saturated heterocycles. The van der Waals surface area contributed by atoms with Crippen LogP contribution >= 0.6 is 0 Å². The van der Waals surface area contributed by atoms with E-state index < -0.39 is 0 Å². The molecule has 1 atom stereocenters. The number of phenols is 1. The van der Waals surface area contributed by atoms with E-state index in [4.69, 9.17) is 0 Å². The lowest BCUT2D eigenvalue weighted by atomic mass is 9.87. The number of hydrogen-bond donors (Lipinski definition) is 2. The Morgan fingerprint density at radius 2 is 1.62 bits per heavy atom. The fraction of sp³-hybridized carbons (Fsp3) is 0.457. The average Bonchev–Trinajstić information content (AvgIpc) is 2.91. The number of rotatable bonds is 13. The second kappa shape index (κ2) is 14.2. The molecule has 210 valence electrons. The smallest absolute Gasteiger partial charge is 0.227 e. The van der Waals surface area contributed by atoms with Crippen molar-refractivity contribution < 1.29 is 9.90 Å². The number of anilines is 3. The molecule has 0 radical (unpaired) electrons. The van der Waals surface area contributed by atoms with E-state index in [1.165, 1.54) is 0 Å². The van der Waals surface area contributed by atoms with Gasteiger partial charge in [-0.05, 0) is 104 Å². The number of carbonyl (C=O) groups is 1. The lowest BCUT2D eigenvalue weighted by molar-refractivity contribution is -0.119. The summed E-state index contributed by atoms with van der Waals surface area (Å²) in [6, 6.07) is 22.6. The number of carbonyl (C=O) groups excluding carboxylic acids is 1. The molecule has 0 aromatic heterocycles. The van der Waals surface area contributed by atoms with Crippen LogP contribution in [-0.2, 0) is 17.6 Å². The summed E-state index contributed by atoms with van der Waals surface area (Å²) in [5.41, 5.74) is 6.20. The van der Waals surface area contributed by atoms with Gasteiger partial charge in [0.15, 0.2) is 0 Å². The van der Waals surface area contributed by atoms with Gasteiger partial charge < -0.3 is 15.3 Å². The van der Waals surface area contributed by atoms with Crippen LogP contribution in [0.5, 0.6) is 5.75 Å². The van der Waals surface area contributed by atoms with Crippen molar-refractivity contribution in [2.24, 2.45) is 5.41 Å². The van der Waals surface area contributed by atoms with Crippen LogP contribution in [0.25, 0.3) is 0 Å². The summed E-state index contributed by atoms with van der Waals surface area (Å²) in [5.74, 6) is 0.554. The van der Waals surface area contributed by atoms with E-state index in [0.717, 1.165) is 72.3 Å². The van der Waals surface area contributed by atoms with E-state index in [0.29, 0.717) is 18.6 Å². The standard InChI is InChI=1S/C35H48N2O2/c1-7-9-13-28-25-27(24-26(3)34(28)39)16-21-33(38)37(31(8-2)22-23-35(4,5)6)32-19-17-30(18-20-32)36-29-14-11-10-12-15-29/h10-12,14-15,17-20,24-25,31,36,39H,7-9,13,16,21-23H2,1-6H3. The van der Waals surface area contributed by atoms with Crippen LogP contribution in [0.1, 0.15) is 89.8 Å². The van der Waals surface area contributed by atoms with E-state index in [-0.39, 0.29) is 17.4 Å². The molecule has 1 amide bonds. The number of aryl methyl sites for hydroxylation is 3. The highest BCUT2D eigenvalue weighted by molar-refractivity contribution is 5.94. The first-order valence-corrected chi connectivity index (χ1v) is 14.7. The molecule has 4 nitrogen and oxygen atoms in total. The van der Waals surface area contributed by atoms with E-state index in [2.05, 4.69) is 70.3 Å². The van der Waals surface area contributed by atoms with E-state index >= 15 is 0 Å². The van der Waals surface area contributed by atoms with Crippen molar-refractivity contribution >= 4 is 23.0 Å². The van der Waals surface area contributed by atoms with Gasteiger partial charge in [0.1, 0.15) is 5.75 Å². The summed E-state index contributed by atoms with van der Waals surface area (Å²) in [6.07, 6.45) is 7.03. The first kappa shape index (κ1) is 30.3. The first-order chi connectivity index (χ1) is 18.6. The first-order valence-electron chi connectivity index (χ1n) is 14.7. The van der Waals surface area contributed by atoms with Crippen molar-refractivity contribution in [2.75, 3.05) is 10.2 Å². The van der Waals surface area contributed by atoms with E-state index in [1.807, 2.05) is 48.2 Å². The summed E-state index contributed by atoms with van der Waals surface area (Å²) in [7, 11) is 0. The SMILES string of the molecule is CCCCc1cc(CCC(=O)N(c2ccc(Nc3ccccc3)cc2)C(CC)CCC(C)(C)C)cc(C)c1O. The zero-order valence-corrected chi connectivity index (χ0v) is 24.9. The minimum Gasteiger partial charge on any atom is -0.507 e. The molecule has 0 heterocycles. The van der Waals surface area contributed by atoms with Crippen molar-refractivity contribution in [3.63, 3.8) is 0 Å². The number of phenolic OH excluding ortho intramolecular Hbond substituents is 1. The summed E-state index contributed by atoms with van der Waals surface area (Å²) >= 11 is 0. The molecular formula is C35H48N2O2. The molecule has 3 aromatic carbocycles. The molecule has 0 fully saturated rings. The van der Waals surface area contributed by atoms with Gasteiger partial charge in [-0.2, -0.15) is 0 Å². The van der Waals surface area contributed by atoms with Crippen LogP contribution in [0.2, 0.25) is 0 Å². The number of nitrogens with one attached hydrogen (secondary N) is 1. The van der Waals surface area contributed by atoms with Crippen LogP contribution < -0.4 is 10.2 Å². The maximum Gasteiger partial charge on any atom is 0.227 e. The van der Waals surface area contributed by atoms with Gasteiger partial charge in [0.25, 0.3) is 0 Å². The number of hydrogen-bond acceptors (Lipinski definition) is 3. The molecule has 1 unspecified atom stereocenters. The number of benzene rings is 3. The van der Waals surface area contributed by atoms with Gasteiger partial charge in [-0.3, -0.25) is 4.79 Å². The summed E-state index contributed by atoms with van der Waals surface area (Å²) in [4.78, 5) is 15.9. The molecule has 39 heavy (non-hydrogen) atoms. The van der Waals surface area contributed by atoms with Gasteiger partial charge in [-0.25, -0.2) is 0 Å². The topological polar surface area (TPSA) is 52.6 Å². The second-order valence-electron chi connectivity index (χ2n) is 12.0. The number of para-hydroxylation sites is 1. The van der Waals surface area contributed by atoms with Gasteiger partial charge in [-0.15, -0.1) is 0 Å². The van der Waals surface area contributed by atoms with Gasteiger partial charge in [-0.1, -0.05) is 71.4 Å². The maximum absolute atomic E-state index is 13.9. The fourth-order valence-electron chi connectivity index (χ4n) is 5.07. The Morgan fingerprint density at radius 1 is 0.949 bits per heavy atom. The average molecular weight is 529 g/mol. The van der Waals surface area contributed by atoms with Crippen molar-refractivity contribution in [3.05, 3.63) is 83.4 Å². The van der Waals surface area contributed by atoms with Crippen LogP contribution in [0, 0.1) is 12.3 Å². The normalized spacial score (nSPS) is 12.3. The maximum atomic E-state index is 13.9. The zero-order valence-electron chi connectivity index (χ0n) is 24.9. The number of unbranched alkanes of at least 4 members (excludes halogenated alkanes) is 1. The molecule has 0 saturated carbocycles. The Balaban J connectivity index is 1.82. The molecule has 0 aliphatic rings. The predicted molar refractivity (Wildman–Crippen MR) is 166 cm³/mol. The Hall–Kier alpha value is -3.27. The fourth-order valence-corrected chi connectivity index (χ4v) is 5.07. The summed E-state index contributed by atoms with van der Waals surface area (Å²) in [5, 5.41) is 14.0. The Kier molecular flexibility index (Phi) is 11.0. The molecule has 4 heteroatoms. The van der Waals surface area contributed by atoms with Crippen LogP contribution in [0.3, 0.4) is 0 Å². The molecular weight excluding hydrogens is 480 g/mol. The highest BCUT2D eigenvalue weighted by Gasteiger charge is 2.26. The highest BCUT2D eigenvalue weighted by atomic mass is 16.3. The van der Waals surface area contributed by atoms with Crippen LogP contribution in [-0.4, -0.2) is 17.1 Å². The minimum absolute atomic E-state index is 0.145. The van der Waals surface area contributed by atoms with Crippen molar-refractivity contribution in [3.8, 4) is 5.75 Å². The van der Waals surface area contributed by atoms with Gasteiger partial charge >= 0.3 is 0 Å². The lowest BCUT2D eigenvalue weighted by Gasteiger charge is -2.33. The molecule has 3 aromatic rings. The van der Waals surface area contributed by atoms with E-state index in [9.17, 15) is 9.90 Å². The van der Waals surface area contributed by atoms with Crippen molar-refractivity contribution in [1.29, 1.82) is 0 Å².